The quantitative estimate of drug-likeness (QED) is 0.406. The van der Waals surface area contributed by atoms with E-state index in [4.69, 9.17) is 9.47 Å². The number of carbonyl (C=O) groups excluding carboxylic acids is 1. The number of carbonyl (C=O) groups is 1. The summed E-state index contributed by atoms with van der Waals surface area (Å²) >= 11 is 0. The maximum Gasteiger partial charge on any atom is 0.286 e. The van der Waals surface area contributed by atoms with E-state index in [9.17, 15) is 17.4 Å². The second-order valence-corrected chi connectivity index (χ2v) is 13.6. The number of ether oxygens (including phenoxy) is 2. The van der Waals surface area contributed by atoms with Crippen molar-refractivity contribution in [3.8, 4) is 5.88 Å². The van der Waals surface area contributed by atoms with Crippen molar-refractivity contribution in [3.63, 3.8) is 0 Å². The van der Waals surface area contributed by atoms with E-state index in [1.807, 2.05) is 0 Å². The number of sulfonamides is 1. The van der Waals surface area contributed by atoms with E-state index in [1.165, 1.54) is 41.0 Å². The first-order chi connectivity index (χ1) is 18.0. The Kier molecular flexibility index (Phi) is 8.30. The van der Waals surface area contributed by atoms with Crippen molar-refractivity contribution in [2.24, 2.45) is 4.36 Å². The number of amides is 1. The molecule has 1 aliphatic rings. The Hall–Kier alpha value is -3.14. The Morgan fingerprint density at radius 1 is 1.26 bits per heavy atom. The van der Waals surface area contributed by atoms with Gasteiger partial charge in [-0.1, -0.05) is 0 Å². The number of nitrogens with one attached hydrogen (secondary N) is 1. The highest BCUT2D eigenvalue weighted by molar-refractivity contribution is 7.93. The molecule has 4 rings (SSSR count). The summed E-state index contributed by atoms with van der Waals surface area (Å²) in [4.78, 5) is 21.6. The van der Waals surface area contributed by atoms with Gasteiger partial charge >= 0.3 is 0 Å². The van der Waals surface area contributed by atoms with E-state index in [-0.39, 0.29) is 30.6 Å². The minimum atomic E-state index is -3.32. The van der Waals surface area contributed by atoms with Gasteiger partial charge in [0, 0.05) is 32.3 Å². The number of piperidine rings is 1. The predicted octanol–water partition coefficient (Wildman–Crippen LogP) is 1.86. The first-order valence-electron chi connectivity index (χ1n) is 11.9. The fourth-order valence-electron chi connectivity index (χ4n) is 4.14. The molecule has 1 aliphatic heterocycles. The molecule has 0 radical (unpaired) electrons. The van der Waals surface area contributed by atoms with Crippen LogP contribution >= 0.6 is 0 Å². The molecule has 15 heteroatoms. The molecule has 38 heavy (non-hydrogen) atoms. The Labute approximate surface area is 221 Å². The number of aromatic nitrogens is 4. The van der Waals surface area contributed by atoms with Crippen molar-refractivity contribution in [2.75, 3.05) is 50.4 Å². The number of hydrogen-bond donors (Lipinski definition) is 1. The van der Waals surface area contributed by atoms with Crippen molar-refractivity contribution < 1.29 is 26.9 Å². The lowest BCUT2D eigenvalue weighted by Gasteiger charge is -2.31. The number of rotatable bonds is 9. The third-order valence-electron chi connectivity index (χ3n) is 6.11. The van der Waals surface area contributed by atoms with Crippen LogP contribution in [0.5, 0.6) is 5.88 Å². The number of aryl methyl sites for hydroxylation is 1. The van der Waals surface area contributed by atoms with E-state index in [1.54, 1.807) is 25.3 Å². The summed E-state index contributed by atoms with van der Waals surface area (Å²) in [5.41, 5.74) is 1.86. The van der Waals surface area contributed by atoms with Gasteiger partial charge in [-0.05, 0) is 37.5 Å². The first-order valence-corrected chi connectivity index (χ1v) is 15.8. The van der Waals surface area contributed by atoms with Crippen molar-refractivity contribution in [1.82, 2.24) is 23.9 Å². The zero-order chi connectivity index (χ0) is 27.5. The van der Waals surface area contributed by atoms with E-state index in [2.05, 4.69) is 24.7 Å². The molecule has 1 saturated heterocycles. The summed E-state index contributed by atoms with van der Waals surface area (Å²) in [7, 11) is -4.59. The predicted molar refractivity (Wildman–Crippen MR) is 143 cm³/mol. The minimum absolute atomic E-state index is 0.140. The molecule has 2 atom stereocenters. The number of nitrogens with zero attached hydrogens (tertiary/aromatic N) is 6. The van der Waals surface area contributed by atoms with Gasteiger partial charge in [0.1, 0.15) is 23.6 Å². The lowest BCUT2D eigenvalue weighted by atomic mass is 10.1. The molecule has 1 fully saturated rings. The van der Waals surface area contributed by atoms with E-state index >= 15 is 0 Å². The third-order valence-corrected chi connectivity index (χ3v) is 8.86. The molecular weight excluding hydrogens is 534 g/mol. The molecule has 3 aromatic rings. The molecule has 0 aromatic carbocycles. The van der Waals surface area contributed by atoms with Gasteiger partial charge in [-0.3, -0.25) is 4.79 Å². The second kappa shape index (κ2) is 11.3. The van der Waals surface area contributed by atoms with Crippen LogP contribution in [0.2, 0.25) is 0 Å². The van der Waals surface area contributed by atoms with Crippen LogP contribution in [0.3, 0.4) is 0 Å². The maximum absolute atomic E-state index is 12.9. The smallest absolute Gasteiger partial charge is 0.286 e. The standard InChI is InChI=1S/C23H31N7O6S2/c1-16-18(22(31)28-37(3,32)12-11-35-2)14-30-20(16)21(25-15-26-30)27-19-8-5-9-24-23(19)36-17-7-6-10-29(13-17)38(4,33)34/h5,8-9,14-15,17H,6-7,10-13H2,1-4H3,(H,25,26,27). The topological polar surface area (TPSA) is 157 Å². The third kappa shape index (κ3) is 6.46. The minimum Gasteiger partial charge on any atom is -0.471 e. The highest BCUT2D eigenvalue weighted by atomic mass is 32.2. The molecule has 1 amide bonds. The second-order valence-electron chi connectivity index (χ2n) is 9.11. The van der Waals surface area contributed by atoms with Gasteiger partial charge in [0.25, 0.3) is 5.91 Å². The van der Waals surface area contributed by atoms with Crippen LogP contribution in [0.25, 0.3) is 5.52 Å². The molecule has 0 bridgehead atoms. The van der Waals surface area contributed by atoms with Crippen LogP contribution in [0.15, 0.2) is 35.2 Å². The normalized spacial score (nSPS) is 18.2. The Balaban J connectivity index is 1.62. The summed E-state index contributed by atoms with van der Waals surface area (Å²) in [6, 6.07) is 3.49. The van der Waals surface area contributed by atoms with Crippen LogP contribution in [-0.2, 0) is 24.5 Å². The molecule has 1 N–H and O–H groups in total. The van der Waals surface area contributed by atoms with Crippen molar-refractivity contribution in [2.45, 2.75) is 25.9 Å². The number of pyridine rings is 1. The molecule has 206 valence electrons. The Morgan fingerprint density at radius 2 is 2.05 bits per heavy atom. The van der Waals surface area contributed by atoms with Crippen molar-refractivity contribution >= 4 is 42.7 Å². The number of hydrogen-bond acceptors (Lipinski definition) is 10. The van der Waals surface area contributed by atoms with Gasteiger partial charge in [-0.15, -0.1) is 0 Å². The lowest BCUT2D eigenvalue weighted by molar-refractivity contribution is 0.100. The van der Waals surface area contributed by atoms with Gasteiger partial charge in [0.15, 0.2) is 5.82 Å². The Morgan fingerprint density at radius 3 is 2.79 bits per heavy atom. The van der Waals surface area contributed by atoms with Crippen LogP contribution in [0.4, 0.5) is 11.5 Å². The summed E-state index contributed by atoms with van der Waals surface area (Å²) in [5.74, 6) is 0.221. The maximum atomic E-state index is 12.9. The monoisotopic (exact) mass is 565 g/mol. The van der Waals surface area contributed by atoms with Crippen LogP contribution < -0.4 is 10.1 Å². The SMILES string of the molecule is COCCS(C)(=O)=NC(=O)c1cn2ncnc(Nc3cccnc3OC3CCCN(S(C)(=O)=O)C3)c2c1C. The average molecular weight is 566 g/mol. The molecular formula is C23H31N7O6S2. The summed E-state index contributed by atoms with van der Waals surface area (Å²) in [6.45, 7) is 2.67. The summed E-state index contributed by atoms with van der Waals surface area (Å²) in [6.07, 6.45) is 8.07. The molecule has 0 aliphatic carbocycles. The number of methoxy groups -OCH3 is 1. The van der Waals surface area contributed by atoms with E-state index in [0.717, 1.165) is 0 Å². The van der Waals surface area contributed by atoms with Gasteiger partial charge in [0.05, 0.1) is 40.5 Å². The molecule has 2 unspecified atom stereocenters. The number of fused-ring (bicyclic) bond motifs is 1. The molecule has 4 heterocycles. The van der Waals surface area contributed by atoms with Gasteiger partial charge in [0.2, 0.25) is 15.9 Å². The van der Waals surface area contributed by atoms with Crippen molar-refractivity contribution in [3.05, 3.63) is 42.0 Å². The van der Waals surface area contributed by atoms with Gasteiger partial charge in [-0.2, -0.15) is 13.8 Å². The average Bonchev–Trinajstić information content (AvgIpc) is 3.21. The van der Waals surface area contributed by atoms with Crippen LogP contribution in [0, 0.1) is 6.92 Å². The summed E-state index contributed by atoms with van der Waals surface area (Å²) < 4.78 is 54.6. The zero-order valence-corrected chi connectivity index (χ0v) is 23.3. The van der Waals surface area contributed by atoms with Gasteiger partial charge in [-0.25, -0.2) is 27.1 Å². The highest BCUT2D eigenvalue weighted by Crippen LogP contribution is 2.31. The highest BCUT2D eigenvalue weighted by Gasteiger charge is 2.28. The molecule has 0 spiro atoms. The van der Waals surface area contributed by atoms with Crippen LogP contribution in [0.1, 0.15) is 28.8 Å². The number of anilines is 2. The fourth-order valence-corrected chi connectivity index (χ4v) is 6.06. The largest absolute Gasteiger partial charge is 0.471 e. The fraction of sp³-hybridized carbons (Fsp3) is 0.478. The van der Waals surface area contributed by atoms with E-state index < -0.39 is 25.7 Å². The first kappa shape index (κ1) is 27.9. The molecule has 13 nitrogen and oxygen atoms in total. The van der Waals surface area contributed by atoms with E-state index in [0.29, 0.717) is 47.9 Å². The Bertz CT molecular complexity index is 1560. The molecule has 3 aromatic heterocycles. The lowest BCUT2D eigenvalue weighted by Crippen LogP contribution is -2.43. The summed E-state index contributed by atoms with van der Waals surface area (Å²) in [5, 5.41) is 7.42. The zero-order valence-electron chi connectivity index (χ0n) is 21.7. The molecule has 0 saturated carbocycles. The van der Waals surface area contributed by atoms with Crippen molar-refractivity contribution in [1.29, 1.82) is 0 Å². The van der Waals surface area contributed by atoms with Crippen LogP contribution in [-0.4, -0.2) is 93.6 Å². The van der Waals surface area contributed by atoms with Gasteiger partial charge < -0.3 is 14.8 Å².